The Labute approximate surface area is 286 Å². The molecule has 0 rings (SSSR count). The highest BCUT2D eigenvalue weighted by atomic mass is 16.3. The minimum Gasteiger partial charge on any atom is -0.388 e. The molecular formula is C37H72N4O6. The van der Waals surface area contributed by atoms with Crippen LogP contribution in [0.5, 0.6) is 0 Å². The zero-order chi connectivity index (χ0) is 34.8. The van der Waals surface area contributed by atoms with Gasteiger partial charge in [0.05, 0.1) is 0 Å². The standard InChI is InChI=1S/C37H72N4O6/c1-3-5-7-9-11-13-15-17-19-21-23-25-27-29-32(30-28-26-24-22-20-18-16-14-12-10-8-6-4-2)39-37(44)34(41-47)36(43)35(42)33(40-46)31-38-45/h32-36,42-43H,3-31H2,1-2H3,(H,39,44). The number of hydrogen-bond donors (Lipinski definition) is 3. The van der Waals surface area contributed by atoms with Gasteiger partial charge >= 0.3 is 0 Å². The highest BCUT2D eigenvalue weighted by molar-refractivity contribution is 5.83. The first kappa shape index (κ1) is 45.2. The quantitative estimate of drug-likeness (QED) is 0.0441. The molecule has 0 fully saturated rings. The molecule has 4 atom stereocenters. The van der Waals surface area contributed by atoms with E-state index in [1.54, 1.807) is 0 Å². The lowest BCUT2D eigenvalue weighted by atomic mass is 9.97. The average Bonchev–Trinajstić information content (AvgIpc) is 3.07. The summed E-state index contributed by atoms with van der Waals surface area (Å²) in [6.07, 6.45) is 30.3. The van der Waals surface area contributed by atoms with Gasteiger partial charge in [0.15, 0.2) is 6.04 Å². The number of carbonyl (C=O) groups excluding carboxylic acids is 1. The third-order valence-electron chi connectivity index (χ3n) is 9.51. The fraction of sp³-hybridized carbons (Fsp3) is 0.973. The molecule has 3 N–H and O–H groups in total. The fourth-order valence-corrected chi connectivity index (χ4v) is 6.35. The van der Waals surface area contributed by atoms with Crippen LogP contribution >= 0.6 is 0 Å². The summed E-state index contributed by atoms with van der Waals surface area (Å²) in [5.41, 5.74) is 0. The molecular weight excluding hydrogens is 596 g/mol. The Kier molecular flexibility index (Phi) is 32.8. The highest BCUT2D eigenvalue weighted by Crippen LogP contribution is 2.18. The van der Waals surface area contributed by atoms with E-state index in [4.69, 9.17) is 0 Å². The molecule has 0 spiro atoms. The van der Waals surface area contributed by atoms with Crippen molar-refractivity contribution in [1.29, 1.82) is 0 Å². The molecule has 0 aromatic heterocycles. The largest absolute Gasteiger partial charge is 0.388 e. The Bertz CT molecular complexity index is 714. The molecule has 10 nitrogen and oxygen atoms in total. The number of unbranched alkanes of at least 4 members (excludes halogenated alkanes) is 24. The number of amides is 1. The number of nitroso groups, excluding NO2 is 3. The van der Waals surface area contributed by atoms with Gasteiger partial charge in [-0.1, -0.05) is 196 Å². The molecule has 4 unspecified atom stereocenters. The molecule has 0 saturated carbocycles. The van der Waals surface area contributed by atoms with Crippen LogP contribution in [0.2, 0.25) is 0 Å². The number of rotatable bonds is 37. The first-order valence-corrected chi connectivity index (χ1v) is 19.6. The highest BCUT2D eigenvalue weighted by Gasteiger charge is 2.38. The first-order chi connectivity index (χ1) is 23.0. The fourth-order valence-electron chi connectivity index (χ4n) is 6.35. The summed E-state index contributed by atoms with van der Waals surface area (Å²) in [7, 11) is 0. The minimum absolute atomic E-state index is 0.173. The lowest BCUT2D eigenvalue weighted by Gasteiger charge is -2.25. The molecule has 0 bridgehead atoms. The van der Waals surface area contributed by atoms with E-state index in [1.165, 1.54) is 128 Å². The van der Waals surface area contributed by atoms with Crippen molar-refractivity contribution in [3.8, 4) is 0 Å². The van der Waals surface area contributed by atoms with Crippen molar-refractivity contribution < 1.29 is 15.0 Å². The van der Waals surface area contributed by atoms with Gasteiger partial charge in [0, 0.05) is 6.04 Å². The number of aliphatic hydroxyl groups excluding tert-OH is 2. The lowest BCUT2D eigenvalue weighted by Crippen LogP contribution is -2.51. The van der Waals surface area contributed by atoms with Gasteiger partial charge in [0.25, 0.3) is 5.91 Å². The van der Waals surface area contributed by atoms with E-state index in [0.29, 0.717) is 0 Å². The van der Waals surface area contributed by atoms with Crippen LogP contribution in [0.1, 0.15) is 194 Å². The molecule has 0 aliphatic rings. The van der Waals surface area contributed by atoms with Crippen LogP contribution in [-0.4, -0.2) is 53.0 Å². The molecule has 0 aromatic carbocycles. The van der Waals surface area contributed by atoms with Crippen molar-refractivity contribution in [2.75, 3.05) is 6.54 Å². The van der Waals surface area contributed by atoms with E-state index >= 15 is 0 Å². The SMILES string of the molecule is CCCCCCCCCCCCCCCC(CCCCCCCCCCCCCCC)NC(=O)C(N=O)C(O)C(O)C(CN=O)N=O. The second kappa shape index (κ2) is 34.1. The Balaban J connectivity index is 4.60. The smallest absolute Gasteiger partial charge is 0.251 e. The van der Waals surface area contributed by atoms with Gasteiger partial charge in [0.2, 0.25) is 0 Å². The topological polar surface area (TPSA) is 158 Å². The summed E-state index contributed by atoms with van der Waals surface area (Å²) in [5, 5.41) is 31.5. The summed E-state index contributed by atoms with van der Waals surface area (Å²) in [6.45, 7) is 3.83. The van der Waals surface area contributed by atoms with Gasteiger partial charge in [-0.15, -0.1) is 4.91 Å². The minimum atomic E-state index is -1.97. The predicted octanol–water partition coefficient (Wildman–Crippen LogP) is 10.2. The second-order valence-corrected chi connectivity index (χ2v) is 13.8. The van der Waals surface area contributed by atoms with Gasteiger partial charge in [-0.25, -0.2) is 0 Å². The van der Waals surface area contributed by atoms with Gasteiger partial charge in [-0.3, -0.25) is 4.79 Å². The zero-order valence-corrected chi connectivity index (χ0v) is 30.3. The zero-order valence-electron chi connectivity index (χ0n) is 30.3. The van der Waals surface area contributed by atoms with Crippen molar-refractivity contribution in [3.05, 3.63) is 14.7 Å². The molecule has 0 aliphatic carbocycles. The van der Waals surface area contributed by atoms with Crippen molar-refractivity contribution in [3.63, 3.8) is 0 Å². The van der Waals surface area contributed by atoms with Crippen molar-refractivity contribution >= 4 is 5.91 Å². The predicted molar refractivity (Wildman–Crippen MR) is 194 cm³/mol. The van der Waals surface area contributed by atoms with Crippen molar-refractivity contribution in [2.24, 2.45) is 15.5 Å². The summed E-state index contributed by atoms with van der Waals surface area (Å²) in [5.74, 6) is -0.787. The van der Waals surface area contributed by atoms with E-state index in [2.05, 4.69) is 34.7 Å². The molecule has 0 radical (unpaired) electrons. The molecule has 0 saturated heterocycles. The molecule has 0 aromatic rings. The van der Waals surface area contributed by atoms with Crippen LogP contribution in [0, 0.1) is 14.7 Å². The number of nitrogens with one attached hydrogen (secondary N) is 1. The van der Waals surface area contributed by atoms with E-state index in [1.807, 2.05) is 0 Å². The Morgan fingerprint density at radius 1 is 0.511 bits per heavy atom. The van der Waals surface area contributed by atoms with Gasteiger partial charge in [-0.2, -0.15) is 9.81 Å². The third-order valence-corrected chi connectivity index (χ3v) is 9.51. The maximum absolute atomic E-state index is 13.0. The van der Waals surface area contributed by atoms with Crippen LogP contribution in [0.4, 0.5) is 0 Å². The summed E-state index contributed by atoms with van der Waals surface area (Å²) in [4.78, 5) is 46.1. The first-order valence-electron chi connectivity index (χ1n) is 19.6. The summed E-state index contributed by atoms with van der Waals surface area (Å²) in [6, 6.07) is -3.55. The number of carbonyl (C=O) groups is 1. The molecule has 1 amide bonds. The molecule has 10 heteroatoms. The molecule has 276 valence electrons. The second-order valence-electron chi connectivity index (χ2n) is 13.8. The average molecular weight is 669 g/mol. The van der Waals surface area contributed by atoms with Gasteiger partial charge in [0.1, 0.15) is 24.8 Å². The normalized spacial score (nSPS) is 14.1. The van der Waals surface area contributed by atoms with E-state index in [-0.39, 0.29) is 6.04 Å². The summed E-state index contributed by atoms with van der Waals surface area (Å²) >= 11 is 0. The van der Waals surface area contributed by atoms with Crippen LogP contribution in [0.25, 0.3) is 0 Å². The van der Waals surface area contributed by atoms with Crippen molar-refractivity contribution in [2.45, 2.75) is 224 Å². The molecule has 0 aliphatic heterocycles. The third kappa shape index (κ3) is 25.8. The van der Waals surface area contributed by atoms with Gasteiger partial charge < -0.3 is 15.5 Å². The van der Waals surface area contributed by atoms with Crippen LogP contribution < -0.4 is 5.32 Å². The lowest BCUT2D eigenvalue weighted by molar-refractivity contribution is -0.128. The summed E-state index contributed by atoms with van der Waals surface area (Å²) < 4.78 is 0. The molecule has 0 heterocycles. The number of nitrogens with zero attached hydrogens (tertiary/aromatic N) is 3. The Hall–Kier alpha value is -1.81. The van der Waals surface area contributed by atoms with Crippen LogP contribution in [-0.2, 0) is 4.79 Å². The molecule has 47 heavy (non-hydrogen) atoms. The monoisotopic (exact) mass is 669 g/mol. The maximum atomic E-state index is 13.0. The Morgan fingerprint density at radius 2 is 0.851 bits per heavy atom. The maximum Gasteiger partial charge on any atom is 0.251 e. The van der Waals surface area contributed by atoms with Crippen LogP contribution in [0.15, 0.2) is 15.5 Å². The van der Waals surface area contributed by atoms with Crippen LogP contribution in [0.3, 0.4) is 0 Å². The van der Waals surface area contributed by atoms with E-state index < -0.39 is 36.7 Å². The Morgan fingerprint density at radius 3 is 1.15 bits per heavy atom. The van der Waals surface area contributed by atoms with Gasteiger partial charge in [-0.05, 0) is 12.8 Å². The van der Waals surface area contributed by atoms with E-state index in [9.17, 15) is 29.7 Å². The van der Waals surface area contributed by atoms with Crippen molar-refractivity contribution in [1.82, 2.24) is 5.32 Å². The van der Waals surface area contributed by atoms with E-state index in [0.717, 1.165) is 51.4 Å². The number of aliphatic hydroxyl groups is 2. The number of hydrogen-bond acceptors (Lipinski definition) is 9.